The van der Waals surface area contributed by atoms with Crippen LogP contribution in [0.3, 0.4) is 0 Å². The van der Waals surface area contributed by atoms with Gasteiger partial charge in [-0.3, -0.25) is 0 Å². The van der Waals surface area contributed by atoms with Crippen molar-refractivity contribution in [3.8, 4) is 0 Å². The molecule has 2 aromatic rings. The molecule has 0 fully saturated rings. The topological polar surface area (TPSA) is 0 Å². The maximum atomic E-state index is 6.19. The summed E-state index contributed by atoms with van der Waals surface area (Å²) in [4.78, 5) is 0.302. The van der Waals surface area contributed by atoms with Crippen LogP contribution in [0.2, 0.25) is 5.02 Å². The number of hydrogen-bond acceptors (Lipinski definition) is 0. The number of benzene rings is 2. The lowest BCUT2D eigenvalue weighted by atomic mass is 10.0. The van der Waals surface area contributed by atoms with E-state index < -0.39 is 0 Å². The van der Waals surface area contributed by atoms with Crippen molar-refractivity contribution in [1.82, 2.24) is 0 Å². The third-order valence-corrected chi connectivity index (χ3v) is 4.47. The van der Waals surface area contributed by atoms with Crippen LogP contribution >= 0.6 is 27.5 Å². The number of aryl methyl sites for hydroxylation is 2. The molecular weight excluding hydrogens is 308 g/mol. The second-order valence-corrected chi connectivity index (χ2v) is 6.12. The lowest BCUT2D eigenvalue weighted by Gasteiger charge is -2.13. The van der Waals surface area contributed by atoms with E-state index >= 15 is 0 Å². The molecule has 0 aliphatic carbocycles. The first-order valence-corrected chi connectivity index (χ1v) is 7.32. The predicted octanol–water partition coefficient (Wildman–Crippen LogP) is 5.64. The van der Waals surface area contributed by atoms with Gasteiger partial charge in [-0.2, -0.15) is 0 Å². The van der Waals surface area contributed by atoms with Crippen LogP contribution in [-0.2, 0) is 6.42 Å². The van der Waals surface area contributed by atoms with E-state index in [0.717, 1.165) is 11.4 Å². The Balaban J connectivity index is 2.19. The molecule has 0 heterocycles. The quantitative estimate of drug-likeness (QED) is 0.642. The first kappa shape index (κ1) is 13.6. The lowest BCUT2D eigenvalue weighted by molar-refractivity contribution is 0.945. The fourth-order valence-corrected chi connectivity index (χ4v) is 2.78. The van der Waals surface area contributed by atoms with Gasteiger partial charge in [-0.15, -0.1) is 0 Å². The zero-order valence-corrected chi connectivity index (χ0v) is 12.9. The molecule has 0 amide bonds. The second-order valence-electron chi connectivity index (χ2n) is 4.61. The molecule has 18 heavy (non-hydrogen) atoms. The van der Waals surface area contributed by atoms with Crippen molar-refractivity contribution < 1.29 is 0 Å². The van der Waals surface area contributed by atoms with Crippen LogP contribution in [0, 0.1) is 13.8 Å². The van der Waals surface area contributed by atoms with Gasteiger partial charge in [0, 0.05) is 9.85 Å². The normalized spacial score (nSPS) is 12.4. The van der Waals surface area contributed by atoms with Gasteiger partial charge in [0.2, 0.25) is 0 Å². The Morgan fingerprint density at radius 2 is 1.78 bits per heavy atom. The van der Waals surface area contributed by atoms with Crippen molar-refractivity contribution >= 4 is 27.5 Å². The van der Waals surface area contributed by atoms with Crippen LogP contribution < -0.4 is 0 Å². The zero-order valence-electron chi connectivity index (χ0n) is 10.6. The number of rotatable bonds is 3. The van der Waals surface area contributed by atoms with Crippen LogP contribution in [0.25, 0.3) is 0 Å². The van der Waals surface area contributed by atoms with E-state index in [1.165, 1.54) is 22.3 Å². The highest BCUT2D eigenvalue weighted by molar-refractivity contribution is 9.09. The molecule has 1 unspecified atom stereocenters. The molecule has 2 aromatic carbocycles. The Morgan fingerprint density at radius 1 is 1.06 bits per heavy atom. The number of alkyl halides is 1. The maximum absolute atomic E-state index is 6.19. The van der Waals surface area contributed by atoms with E-state index in [0.29, 0.717) is 4.83 Å². The van der Waals surface area contributed by atoms with Gasteiger partial charge in [0.1, 0.15) is 0 Å². The molecule has 2 rings (SSSR count). The minimum atomic E-state index is 0.302. The summed E-state index contributed by atoms with van der Waals surface area (Å²) < 4.78 is 0. The molecule has 0 aliphatic heterocycles. The van der Waals surface area contributed by atoms with E-state index in [1.807, 2.05) is 18.2 Å². The van der Waals surface area contributed by atoms with Gasteiger partial charge < -0.3 is 0 Å². The fraction of sp³-hybridized carbons (Fsp3) is 0.250. The van der Waals surface area contributed by atoms with Gasteiger partial charge in [0.25, 0.3) is 0 Å². The highest BCUT2D eigenvalue weighted by Gasteiger charge is 2.11. The van der Waals surface area contributed by atoms with Crippen LogP contribution in [0.15, 0.2) is 42.5 Å². The predicted molar refractivity (Wildman–Crippen MR) is 82.7 cm³/mol. The Hall–Kier alpha value is -0.790. The third-order valence-electron chi connectivity index (χ3n) is 3.25. The average molecular weight is 324 g/mol. The summed E-state index contributed by atoms with van der Waals surface area (Å²) in [5.41, 5.74) is 5.14. The highest BCUT2D eigenvalue weighted by atomic mass is 79.9. The van der Waals surface area contributed by atoms with Crippen LogP contribution in [0.1, 0.15) is 27.1 Å². The molecule has 2 heteroatoms. The lowest BCUT2D eigenvalue weighted by Crippen LogP contribution is -1.97. The first-order chi connectivity index (χ1) is 8.58. The Morgan fingerprint density at radius 3 is 2.44 bits per heavy atom. The molecule has 0 radical (unpaired) electrons. The molecule has 0 N–H and O–H groups in total. The van der Waals surface area contributed by atoms with E-state index in [2.05, 4.69) is 54.0 Å². The van der Waals surface area contributed by atoms with Gasteiger partial charge >= 0.3 is 0 Å². The highest BCUT2D eigenvalue weighted by Crippen LogP contribution is 2.30. The summed E-state index contributed by atoms with van der Waals surface area (Å²) in [5.74, 6) is 0. The summed E-state index contributed by atoms with van der Waals surface area (Å²) in [6.07, 6.45) is 0.905. The van der Waals surface area contributed by atoms with Gasteiger partial charge in [0.15, 0.2) is 0 Å². The fourth-order valence-electron chi connectivity index (χ4n) is 1.93. The molecule has 0 aromatic heterocycles. The van der Waals surface area contributed by atoms with Crippen molar-refractivity contribution in [2.75, 3.05) is 0 Å². The second kappa shape index (κ2) is 5.90. The maximum Gasteiger partial charge on any atom is 0.0438 e. The molecule has 0 saturated carbocycles. The van der Waals surface area contributed by atoms with Crippen molar-refractivity contribution in [3.05, 3.63) is 69.7 Å². The zero-order chi connectivity index (χ0) is 13.1. The SMILES string of the molecule is Cc1ccc(C(Br)Cc2ccccc2Cl)cc1C. The minimum Gasteiger partial charge on any atom is -0.0840 e. The van der Waals surface area contributed by atoms with E-state index in [1.54, 1.807) is 0 Å². The Bertz CT molecular complexity index is 549. The monoisotopic (exact) mass is 322 g/mol. The van der Waals surface area contributed by atoms with Crippen molar-refractivity contribution in [3.63, 3.8) is 0 Å². The largest absolute Gasteiger partial charge is 0.0840 e. The molecule has 0 bridgehead atoms. The molecule has 0 saturated heterocycles. The van der Waals surface area contributed by atoms with E-state index in [9.17, 15) is 0 Å². The summed E-state index contributed by atoms with van der Waals surface area (Å²) in [7, 11) is 0. The minimum absolute atomic E-state index is 0.302. The summed E-state index contributed by atoms with van der Waals surface area (Å²) >= 11 is 9.95. The molecule has 0 aliphatic rings. The van der Waals surface area contributed by atoms with Gasteiger partial charge in [0.05, 0.1) is 0 Å². The summed E-state index contributed by atoms with van der Waals surface area (Å²) in [5, 5.41) is 0.839. The first-order valence-electron chi connectivity index (χ1n) is 6.02. The van der Waals surface area contributed by atoms with Crippen LogP contribution in [0.4, 0.5) is 0 Å². The van der Waals surface area contributed by atoms with Crippen molar-refractivity contribution in [1.29, 1.82) is 0 Å². The van der Waals surface area contributed by atoms with Gasteiger partial charge in [-0.1, -0.05) is 63.9 Å². The van der Waals surface area contributed by atoms with Crippen molar-refractivity contribution in [2.24, 2.45) is 0 Å². The third kappa shape index (κ3) is 3.15. The average Bonchev–Trinajstić information content (AvgIpc) is 2.35. The standard InChI is InChI=1S/C16H16BrCl/c1-11-7-8-13(9-12(11)2)15(17)10-14-5-3-4-6-16(14)18/h3-9,15H,10H2,1-2H3. The van der Waals surface area contributed by atoms with Crippen LogP contribution in [-0.4, -0.2) is 0 Å². The van der Waals surface area contributed by atoms with E-state index in [4.69, 9.17) is 11.6 Å². The van der Waals surface area contributed by atoms with Crippen LogP contribution in [0.5, 0.6) is 0 Å². The van der Waals surface area contributed by atoms with Gasteiger partial charge in [-0.25, -0.2) is 0 Å². The smallest absolute Gasteiger partial charge is 0.0438 e. The Labute approximate surface area is 122 Å². The summed E-state index contributed by atoms with van der Waals surface area (Å²) in [6, 6.07) is 14.6. The summed E-state index contributed by atoms with van der Waals surface area (Å²) in [6.45, 7) is 4.28. The number of hydrogen-bond donors (Lipinski definition) is 0. The van der Waals surface area contributed by atoms with E-state index in [-0.39, 0.29) is 0 Å². The molecular formula is C16H16BrCl. The molecule has 94 valence electrons. The molecule has 0 nitrogen and oxygen atoms in total. The molecule has 1 atom stereocenters. The number of halogens is 2. The molecule has 0 spiro atoms. The van der Waals surface area contributed by atoms with Gasteiger partial charge in [-0.05, 0) is 48.6 Å². The van der Waals surface area contributed by atoms with Crippen molar-refractivity contribution in [2.45, 2.75) is 25.1 Å². The Kier molecular flexibility index (Phi) is 4.47.